The largest absolute Gasteiger partial charge is 0.300 e. The molecule has 0 atom stereocenters. The maximum Gasteiger partial charge on any atom is 0.248 e. The van der Waals surface area contributed by atoms with Crippen molar-refractivity contribution in [3.63, 3.8) is 0 Å². The van der Waals surface area contributed by atoms with Gasteiger partial charge in [-0.3, -0.25) is 9.59 Å². The van der Waals surface area contributed by atoms with Crippen LogP contribution in [0.3, 0.4) is 0 Å². The van der Waals surface area contributed by atoms with E-state index in [2.05, 4.69) is 0 Å². The highest BCUT2D eigenvalue weighted by Crippen LogP contribution is 2.44. The van der Waals surface area contributed by atoms with E-state index in [4.69, 9.17) is 0 Å². The summed E-state index contributed by atoms with van der Waals surface area (Å²) in [5, 5.41) is 0. The fourth-order valence-corrected chi connectivity index (χ4v) is 1.60. The Morgan fingerprint density at radius 2 is 1.92 bits per heavy atom. The third-order valence-corrected chi connectivity index (χ3v) is 2.14. The van der Waals surface area contributed by atoms with Crippen molar-refractivity contribution in [1.29, 1.82) is 0 Å². The number of hydrogen-bond donors (Lipinski definition) is 0. The molecule has 0 radical (unpaired) electrons. The number of carbonyl (C=O) groups excluding carboxylic acids is 2. The summed E-state index contributed by atoms with van der Waals surface area (Å²) in [6, 6.07) is 0. The summed E-state index contributed by atoms with van der Waals surface area (Å²) in [5.74, 6) is -3.19. The Hall–Kier alpha value is -0.800. The lowest BCUT2D eigenvalue weighted by atomic mass is 9.78. The van der Waals surface area contributed by atoms with Gasteiger partial charge in [0, 0.05) is 19.3 Å². The van der Waals surface area contributed by atoms with Crippen molar-refractivity contribution in [3.05, 3.63) is 0 Å². The molecule has 1 rings (SSSR count). The van der Waals surface area contributed by atoms with Crippen LogP contribution in [0.1, 0.15) is 32.6 Å². The molecule has 0 amide bonds. The second-order valence-corrected chi connectivity index (χ2v) is 3.75. The van der Waals surface area contributed by atoms with Crippen LogP contribution in [0.25, 0.3) is 0 Å². The Morgan fingerprint density at radius 3 is 2.31 bits per heavy atom. The molecule has 4 heteroatoms. The first-order valence-electron chi connectivity index (χ1n) is 4.28. The van der Waals surface area contributed by atoms with E-state index < -0.39 is 5.92 Å². The van der Waals surface area contributed by atoms with Gasteiger partial charge in [0.05, 0.1) is 6.42 Å². The van der Waals surface area contributed by atoms with Crippen LogP contribution >= 0.6 is 0 Å². The first-order valence-corrected chi connectivity index (χ1v) is 4.28. The molecule has 1 aliphatic carbocycles. The summed E-state index contributed by atoms with van der Waals surface area (Å²) in [6.07, 6.45) is -0.371. The Labute approximate surface area is 75.3 Å². The molecule has 0 aliphatic heterocycles. The maximum absolute atomic E-state index is 12.3. The minimum atomic E-state index is -2.57. The minimum absolute atomic E-state index is 0.109. The molecule has 2 nitrogen and oxygen atoms in total. The van der Waals surface area contributed by atoms with Crippen LogP contribution in [-0.2, 0) is 9.59 Å². The van der Waals surface area contributed by atoms with Crippen LogP contribution in [0.2, 0.25) is 0 Å². The molecule has 0 unspecified atom stereocenters. The molecule has 0 aromatic rings. The second-order valence-electron chi connectivity index (χ2n) is 3.75. The van der Waals surface area contributed by atoms with Gasteiger partial charge in [-0.15, -0.1) is 0 Å². The van der Waals surface area contributed by atoms with Gasteiger partial charge in [-0.05, 0) is 12.8 Å². The van der Waals surface area contributed by atoms with Crippen LogP contribution in [0.5, 0.6) is 0 Å². The Bertz CT molecular complexity index is 228. The molecule has 0 spiro atoms. The van der Waals surface area contributed by atoms with Crippen LogP contribution in [0.4, 0.5) is 8.78 Å². The molecular weight excluding hydrogens is 178 g/mol. The molecule has 74 valence electrons. The fourth-order valence-electron chi connectivity index (χ4n) is 1.60. The van der Waals surface area contributed by atoms with Crippen LogP contribution in [0.15, 0.2) is 0 Å². The van der Waals surface area contributed by atoms with Gasteiger partial charge in [-0.1, -0.05) is 0 Å². The molecule has 0 saturated heterocycles. The van der Waals surface area contributed by atoms with Gasteiger partial charge in [0.2, 0.25) is 5.92 Å². The third-order valence-electron chi connectivity index (χ3n) is 2.14. The number of halogens is 2. The molecule has 0 heterocycles. The number of rotatable bonds is 4. The zero-order chi connectivity index (χ0) is 10.1. The molecule has 1 aliphatic rings. The number of alkyl halides is 2. The van der Waals surface area contributed by atoms with E-state index in [0.717, 1.165) is 0 Å². The summed E-state index contributed by atoms with van der Waals surface area (Å²) in [7, 11) is 0. The summed E-state index contributed by atoms with van der Waals surface area (Å²) in [4.78, 5) is 21.5. The lowest BCUT2D eigenvalue weighted by Crippen LogP contribution is -2.36. The van der Waals surface area contributed by atoms with E-state index in [1.165, 1.54) is 6.92 Å². The van der Waals surface area contributed by atoms with Crippen molar-refractivity contribution in [1.82, 2.24) is 0 Å². The monoisotopic (exact) mass is 190 g/mol. The molecule has 1 fully saturated rings. The van der Waals surface area contributed by atoms with Crippen molar-refractivity contribution in [2.24, 2.45) is 5.92 Å². The average Bonchev–Trinajstić information content (AvgIpc) is 1.79. The molecule has 13 heavy (non-hydrogen) atoms. The average molecular weight is 190 g/mol. The highest BCUT2D eigenvalue weighted by Gasteiger charge is 2.45. The van der Waals surface area contributed by atoms with E-state index in [-0.39, 0.29) is 43.2 Å². The van der Waals surface area contributed by atoms with Crippen molar-refractivity contribution in [2.45, 2.75) is 38.5 Å². The van der Waals surface area contributed by atoms with Crippen LogP contribution in [-0.4, -0.2) is 17.5 Å². The van der Waals surface area contributed by atoms with Crippen molar-refractivity contribution >= 4 is 11.6 Å². The van der Waals surface area contributed by atoms with Crippen molar-refractivity contribution < 1.29 is 18.4 Å². The summed E-state index contributed by atoms with van der Waals surface area (Å²) >= 11 is 0. The van der Waals surface area contributed by atoms with Gasteiger partial charge in [-0.25, -0.2) is 8.78 Å². The summed E-state index contributed by atoms with van der Waals surface area (Å²) in [6.45, 7) is 1.33. The Kier molecular flexibility index (Phi) is 2.78. The van der Waals surface area contributed by atoms with Gasteiger partial charge in [0.15, 0.2) is 0 Å². The molecular formula is C9H12F2O2. The van der Waals surface area contributed by atoms with Gasteiger partial charge < -0.3 is 0 Å². The standard InChI is InChI=1S/C9H12F2O2/c1-6(12)2-8(13)3-7-4-9(10,11)5-7/h7H,2-5H2,1H3. The maximum atomic E-state index is 12.3. The molecule has 0 aromatic heterocycles. The first kappa shape index (κ1) is 10.3. The number of Topliss-reactive ketones (excluding diaryl/α,β-unsaturated/α-hetero) is 2. The number of ketones is 2. The Morgan fingerprint density at radius 1 is 1.38 bits per heavy atom. The molecule has 0 bridgehead atoms. The first-order chi connectivity index (χ1) is 5.89. The minimum Gasteiger partial charge on any atom is -0.300 e. The highest BCUT2D eigenvalue weighted by molar-refractivity contribution is 5.98. The molecule has 0 aromatic carbocycles. The number of hydrogen-bond acceptors (Lipinski definition) is 2. The van der Waals surface area contributed by atoms with E-state index in [1.807, 2.05) is 0 Å². The van der Waals surface area contributed by atoms with E-state index in [1.54, 1.807) is 0 Å². The van der Waals surface area contributed by atoms with Gasteiger partial charge in [0.25, 0.3) is 0 Å². The molecule has 0 N–H and O–H groups in total. The van der Waals surface area contributed by atoms with E-state index in [9.17, 15) is 18.4 Å². The smallest absolute Gasteiger partial charge is 0.248 e. The zero-order valence-corrected chi connectivity index (χ0v) is 7.48. The van der Waals surface area contributed by atoms with Gasteiger partial charge >= 0.3 is 0 Å². The summed E-state index contributed by atoms with van der Waals surface area (Å²) < 4.78 is 24.6. The Balaban J connectivity index is 2.20. The third kappa shape index (κ3) is 3.20. The van der Waals surface area contributed by atoms with Gasteiger partial charge in [0.1, 0.15) is 11.6 Å². The van der Waals surface area contributed by atoms with Crippen LogP contribution in [0, 0.1) is 5.92 Å². The predicted molar refractivity (Wildman–Crippen MR) is 42.6 cm³/mol. The van der Waals surface area contributed by atoms with E-state index in [0.29, 0.717) is 0 Å². The quantitative estimate of drug-likeness (QED) is 0.635. The topological polar surface area (TPSA) is 34.1 Å². The summed E-state index contributed by atoms with van der Waals surface area (Å²) in [5.41, 5.74) is 0. The fraction of sp³-hybridized carbons (Fsp3) is 0.778. The van der Waals surface area contributed by atoms with Crippen molar-refractivity contribution in [3.8, 4) is 0 Å². The normalized spacial score (nSPS) is 20.8. The lowest BCUT2D eigenvalue weighted by Gasteiger charge is -2.34. The van der Waals surface area contributed by atoms with Gasteiger partial charge in [-0.2, -0.15) is 0 Å². The number of carbonyl (C=O) groups is 2. The zero-order valence-electron chi connectivity index (χ0n) is 7.48. The SMILES string of the molecule is CC(=O)CC(=O)CC1CC(F)(F)C1. The molecule has 1 saturated carbocycles. The van der Waals surface area contributed by atoms with Crippen molar-refractivity contribution in [2.75, 3.05) is 0 Å². The van der Waals surface area contributed by atoms with Crippen LogP contribution < -0.4 is 0 Å². The second kappa shape index (κ2) is 3.52. The highest BCUT2D eigenvalue weighted by atomic mass is 19.3. The lowest BCUT2D eigenvalue weighted by molar-refractivity contribution is -0.134. The predicted octanol–water partition coefficient (Wildman–Crippen LogP) is 1.97. The van der Waals surface area contributed by atoms with E-state index >= 15 is 0 Å².